The molecule has 0 aliphatic heterocycles. The summed E-state index contributed by atoms with van der Waals surface area (Å²) in [6, 6.07) is 11.4. The van der Waals surface area contributed by atoms with Gasteiger partial charge in [0.1, 0.15) is 11.4 Å². The minimum atomic E-state index is 0.333. The lowest BCUT2D eigenvalue weighted by molar-refractivity contribution is 0.111. The number of carbonyl (C=O) groups excluding carboxylic acids is 1. The van der Waals surface area contributed by atoms with Crippen LogP contribution in [-0.2, 0) is 0 Å². The average molecular weight is 266 g/mol. The van der Waals surface area contributed by atoms with Gasteiger partial charge in [0.2, 0.25) is 5.88 Å². The third kappa shape index (κ3) is 1.95. The number of hydrogen-bond acceptors (Lipinski definition) is 3. The van der Waals surface area contributed by atoms with E-state index in [4.69, 9.17) is 4.74 Å². The first-order chi connectivity index (χ1) is 9.70. The van der Waals surface area contributed by atoms with Crippen LogP contribution in [0.1, 0.15) is 21.6 Å². The Morgan fingerprint density at radius 1 is 1.15 bits per heavy atom. The van der Waals surface area contributed by atoms with Crippen LogP contribution in [0, 0.1) is 13.8 Å². The molecule has 3 rings (SSSR count). The second-order valence-corrected chi connectivity index (χ2v) is 4.65. The number of ether oxygens (including phenoxy) is 1. The van der Waals surface area contributed by atoms with Gasteiger partial charge in [-0.25, -0.2) is 0 Å². The quantitative estimate of drug-likeness (QED) is 0.681. The molecule has 2 aromatic heterocycles. The summed E-state index contributed by atoms with van der Waals surface area (Å²) in [6.45, 7) is 4.01. The smallest absolute Gasteiger partial charge is 0.249 e. The number of fused-ring (bicyclic) bond motifs is 1. The predicted molar refractivity (Wildman–Crippen MR) is 76.6 cm³/mol. The Bertz CT molecular complexity index is 790. The highest BCUT2D eigenvalue weighted by molar-refractivity contribution is 5.78. The van der Waals surface area contributed by atoms with Gasteiger partial charge in [0.15, 0.2) is 12.0 Å². The molecule has 0 saturated heterocycles. The molecule has 0 atom stereocenters. The minimum absolute atomic E-state index is 0.333. The van der Waals surface area contributed by atoms with E-state index in [1.54, 1.807) is 10.6 Å². The van der Waals surface area contributed by atoms with E-state index in [-0.39, 0.29) is 0 Å². The third-order valence-corrected chi connectivity index (χ3v) is 3.41. The number of rotatable bonds is 3. The van der Waals surface area contributed by atoms with Crippen molar-refractivity contribution in [1.82, 2.24) is 9.38 Å². The molecule has 0 bridgehead atoms. The van der Waals surface area contributed by atoms with Gasteiger partial charge in [-0.1, -0.05) is 18.2 Å². The van der Waals surface area contributed by atoms with Crippen molar-refractivity contribution in [2.24, 2.45) is 0 Å². The summed E-state index contributed by atoms with van der Waals surface area (Å²) in [5.41, 5.74) is 3.29. The van der Waals surface area contributed by atoms with E-state index in [1.807, 2.05) is 50.2 Å². The van der Waals surface area contributed by atoms with Crippen LogP contribution in [0.5, 0.6) is 11.6 Å². The van der Waals surface area contributed by atoms with Crippen molar-refractivity contribution in [3.63, 3.8) is 0 Å². The van der Waals surface area contributed by atoms with Crippen LogP contribution in [-0.4, -0.2) is 15.7 Å². The van der Waals surface area contributed by atoms with Crippen LogP contribution < -0.4 is 4.74 Å². The molecule has 0 spiro atoms. The molecule has 0 radical (unpaired) electrons. The summed E-state index contributed by atoms with van der Waals surface area (Å²) in [5, 5.41) is 0. The Morgan fingerprint density at radius 3 is 2.80 bits per heavy atom. The van der Waals surface area contributed by atoms with Gasteiger partial charge >= 0.3 is 0 Å². The van der Waals surface area contributed by atoms with Crippen LogP contribution in [0.2, 0.25) is 0 Å². The van der Waals surface area contributed by atoms with Gasteiger partial charge in [0.25, 0.3) is 0 Å². The summed E-state index contributed by atoms with van der Waals surface area (Å²) < 4.78 is 7.55. The molecular weight excluding hydrogens is 252 g/mol. The van der Waals surface area contributed by atoms with Gasteiger partial charge in [-0.05, 0) is 43.2 Å². The lowest BCUT2D eigenvalue weighted by atomic mass is 10.1. The van der Waals surface area contributed by atoms with Gasteiger partial charge in [0, 0.05) is 6.20 Å². The van der Waals surface area contributed by atoms with E-state index < -0.39 is 0 Å². The molecule has 4 nitrogen and oxygen atoms in total. The fourth-order valence-electron chi connectivity index (χ4n) is 2.11. The standard InChI is InChI=1S/C16H14N2O2/c1-11-6-5-7-14(12(11)2)20-16-13(10-19)18-9-4-3-8-15(18)17-16/h3-10H,1-2H3. The fraction of sp³-hybridized carbons (Fsp3) is 0.125. The first-order valence-corrected chi connectivity index (χ1v) is 6.37. The van der Waals surface area contributed by atoms with Crippen molar-refractivity contribution in [2.75, 3.05) is 0 Å². The van der Waals surface area contributed by atoms with Crippen molar-refractivity contribution in [2.45, 2.75) is 13.8 Å². The van der Waals surface area contributed by atoms with Gasteiger partial charge in [-0.3, -0.25) is 9.20 Å². The summed E-state index contributed by atoms with van der Waals surface area (Å²) in [7, 11) is 0. The number of nitrogens with zero attached hydrogens (tertiary/aromatic N) is 2. The number of aldehydes is 1. The number of pyridine rings is 1. The second-order valence-electron chi connectivity index (χ2n) is 4.65. The lowest BCUT2D eigenvalue weighted by Crippen LogP contribution is -1.94. The van der Waals surface area contributed by atoms with Crippen LogP contribution >= 0.6 is 0 Å². The molecule has 0 saturated carbocycles. The number of hydrogen-bond donors (Lipinski definition) is 0. The Labute approximate surface area is 116 Å². The Hall–Kier alpha value is -2.62. The van der Waals surface area contributed by atoms with E-state index in [9.17, 15) is 4.79 Å². The largest absolute Gasteiger partial charge is 0.437 e. The lowest BCUT2D eigenvalue weighted by Gasteiger charge is -2.08. The van der Waals surface area contributed by atoms with Crippen molar-refractivity contribution in [3.8, 4) is 11.6 Å². The SMILES string of the molecule is Cc1cccc(Oc2nc3ccccn3c2C=O)c1C. The van der Waals surface area contributed by atoms with Gasteiger partial charge in [0.05, 0.1) is 0 Å². The predicted octanol–water partition coefficient (Wildman–Crippen LogP) is 3.56. The van der Waals surface area contributed by atoms with Crippen LogP contribution in [0.15, 0.2) is 42.6 Å². The Kier molecular flexibility index (Phi) is 2.99. The third-order valence-electron chi connectivity index (χ3n) is 3.41. The first-order valence-electron chi connectivity index (χ1n) is 6.37. The molecular formula is C16H14N2O2. The van der Waals surface area contributed by atoms with Crippen molar-refractivity contribution >= 4 is 11.9 Å². The summed E-state index contributed by atoms with van der Waals surface area (Å²) in [6.07, 6.45) is 2.56. The number of imidazole rings is 1. The second kappa shape index (κ2) is 4.81. The minimum Gasteiger partial charge on any atom is -0.437 e. The first kappa shape index (κ1) is 12.4. The molecule has 4 heteroatoms. The van der Waals surface area contributed by atoms with Crippen molar-refractivity contribution < 1.29 is 9.53 Å². The summed E-state index contributed by atoms with van der Waals surface area (Å²) in [4.78, 5) is 15.7. The monoisotopic (exact) mass is 266 g/mol. The average Bonchev–Trinajstić information content (AvgIpc) is 2.81. The molecule has 1 aromatic carbocycles. The molecule has 100 valence electrons. The molecule has 0 aliphatic carbocycles. The molecule has 3 aromatic rings. The maximum absolute atomic E-state index is 11.3. The molecule has 2 heterocycles. The maximum Gasteiger partial charge on any atom is 0.249 e. The maximum atomic E-state index is 11.3. The van der Waals surface area contributed by atoms with E-state index in [2.05, 4.69) is 4.98 Å². The van der Waals surface area contributed by atoms with Crippen molar-refractivity contribution in [3.05, 3.63) is 59.4 Å². The van der Waals surface area contributed by atoms with Crippen LogP contribution in [0.4, 0.5) is 0 Å². The molecule has 20 heavy (non-hydrogen) atoms. The van der Waals surface area contributed by atoms with Crippen molar-refractivity contribution in [1.29, 1.82) is 0 Å². The van der Waals surface area contributed by atoms with E-state index in [0.717, 1.165) is 23.2 Å². The number of aryl methyl sites for hydroxylation is 1. The van der Waals surface area contributed by atoms with Gasteiger partial charge < -0.3 is 4.74 Å². The van der Waals surface area contributed by atoms with Gasteiger partial charge in [-0.15, -0.1) is 0 Å². The van der Waals surface area contributed by atoms with E-state index in [0.29, 0.717) is 17.2 Å². The zero-order chi connectivity index (χ0) is 14.1. The zero-order valence-electron chi connectivity index (χ0n) is 11.3. The highest BCUT2D eigenvalue weighted by Crippen LogP contribution is 2.28. The number of benzene rings is 1. The Balaban J connectivity index is 2.11. The molecule has 0 unspecified atom stereocenters. The molecule has 0 N–H and O–H groups in total. The zero-order valence-corrected chi connectivity index (χ0v) is 11.3. The number of aromatic nitrogens is 2. The van der Waals surface area contributed by atoms with E-state index in [1.165, 1.54) is 0 Å². The Morgan fingerprint density at radius 2 is 2.00 bits per heavy atom. The van der Waals surface area contributed by atoms with Crippen LogP contribution in [0.25, 0.3) is 5.65 Å². The molecule has 0 fully saturated rings. The van der Waals surface area contributed by atoms with Crippen LogP contribution in [0.3, 0.4) is 0 Å². The number of carbonyl (C=O) groups is 1. The summed E-state index contributed by atoms with van der Waals surface area (Å²) >= 11 is 0. The summed E-state index contributed by atoms with van der Waals surface area (Å²) in [5.74, 6) is 1.05. The normalized spacial score (nSPS) is 10.7. The van der Waals surface area contributed by atoms with Gasteiger partial charge in [-0.2, -0.15) is 4.98 Å². The molecule has 0 amide bonds. The highest BCUT2D eigenvalue weighted by Gasteiger charge is 2.14. The molecule has 0 aliphatic rings. The fourth-order valence-corrected chi connectivity index (χ4v) is 2.11. The van der Waals surface area contributed by atoms with E-state index >= 15 is 0 Å². The topological polar surface area (TPSA) is 43.6 Å². The highest BCUT2D eigenvalue weighted by atomic mass is 16.5.